The van der Waals surface area contributed by atoms with Crippen molar-refractivity contribution in [1.29, 1.82) is 0 Å². The van der Waals surface area contributed by atoms with E-state index in [9.17, 15) is 4.79 Å². The molecule has 0 aromatic carbocycles. The van der Waals surface area contributed by atoms with Crippen LogP contribution < -0.4 is 15.5 Å². The number of carbonyl (C=O) groups is 1. The fraction of sp³-hybridized carbons (Fsp3) is 0.412. The van der Waals surface area contributed by atoms with Gasteiger partial charge in [-0.2, -0.15) is 10.1 Å². The van der Waals surface area contributed by atoms with E-state index in [0.29, 0.717) is 5.95 Å². The quantitative estimate of drug-likeness (QED) is 0.570. The molecule has 1 unspecified atom stereocenters. The normalized spacial score (nSPS) is 17.5. The summed E-state index contributed by atoms with van der Waals surface area (Å²) in [5, 5.41) is 13.1. The summed E-state index contributed by atoms with van der Waals surface area (Å²) in [6.45, 7) is 3.18. The molecule has 3 aromatic rings. The van der Waals surface area contributed by atoms with Crippen molar-refractivity contribution in [3.63, 3.8) is 0 Å². The van der Waals surface area contributed by atoms with Crippen LogP contribution in [0.25, 0.3) is 11.0 Å². The molecule has 4 N–H and O–H groups in total. The minimum Gasteiger partial charge on any atom is -0.371 e. The van der Waals surface area contributed by atoms with E-state index in [-0.39, 0.29) is 11.8 Å². The number of amides is 1. The van der Waals surface area contributed by atoms with Gasteiger partial charge < -0.3 is 20.5 Å². The number of H-pyrrole nitrogens is 2. The van der Waals surface area contributed by atoms with Gasteiger partial charge in [-0.25, -0.2) is 4.98 Å². The highest BCUT2D eigenvalue weighted by molar-refractivity contribution is 5.89. The first-order chi connectivity index (χ1) is 12.7. The summed E-state index contributed by atoms with van der Waals surface area (Å²) in [6, 6.07) is 1.95. The Morgan fingerprint density at radius 3 is 3.08 bits per heavy atom. The lowest BCUT2D eigenvalue weighted by molar-refractivity contribution is -0.114. The van der Waals surface area contributed by atoms with Gasteiger partial charge in [0.05, 0.1) is 23.1 Å². The second-order valence-corrected chi connectivity index (χ2v) is 6.52. The summed E-state index contributed by atoms with van der Waals surface area (Å²) in [5.41, 5.74) is 3.51. The summed E-state index contributed by atoms with van der Waals surface area (Å²) < 4.78 is 0. The molecule has 0 radical (unpaired) electrons. The molecule has 1 atom stereocenters. The van der Waals surface area contributed by atoms with Crippen LogP contribution in [-0.2, 0) is 4.79 Å². The Bertz CT molecular complexity index is 930. The average molecular weight is 354 g/mol. The van der Waals surface area contributed by atoms with E-state index in [1.165, 1.54) is 6.92 Å². The SMILES string of the molecule is CNc1nc(N2CCCC(c3[nH]ncc3NC(C)=O)C2)nc2cc[nH]c12. The van der Waals surface area contributed by atoms with Crippen LogP contribution in [0.3, 0.4) is 0 Å². The van der Waals surface area contributed by atoms with Gasteiger partial charge in [0.15, 0.2) is 5.82 Å². The van der Waals surface area contributed by atoms with Crippen molar-refractivity contribution in [3.05, 3.63) is 24.2 Å². The number of anilines is 3. The van der Waals surface area contributed by atoms with Crippen molar-refractivity contribution < 1.29 is 4.79 Å². The molecular weight excluding hydrogens is 332 g/mol. The molecular formula is C17H22N8O. The topological polar surface area (TPSA) is 115 Å². The van der Waals surface area contributed by atoms with Gasteiger partial charge in [0.2, 0.25) is 11.9 Å². The summed E-state index contributed by atoms with van der Waals surface area (Å²) in [4.78, 5) is 26.1. The Morgan fingerprint density at radius 1 is 1.38 bits per heavy atom. The average Bonchev–Trinajstić information content (AvgIpc) is 3.29. The largest absolute Gasteiger partial charge is 0.371 e. The zero-order valence-electron chi connectivity index (χ0n) is 14.8. The van der Waals surface area contributed by atoms with Crippen LogP contribution in [0.4, 0.5) is 17.5 Å². The molecule has 1 amide bonds. The highest BCUT2D eigenvalue weighted by Gasteiger charge is 2.27. The second-order valence-electron chi connectivity index (χ2n) is 6.52. The molecule has 4 rings (SSSR count). The number of nitrogens with one attached hydrogen (secondary N) is 4. The van der Waals surface area contributed by atoms with Gasteiger partial charge in [-0.1, -0.05) is 0 Å². The van der Waals surface area contributed by atoms with Crippen LogP contribution in [0.2, 0.25) is 0 Å². The van der Waals surface area contributed by atoms with Gasteiger partial charge in [-0.3, -0.25) is 9.89 Å². The van der Waals surface area contributed by atoms with E-state index in [1.54, 1.807) is 6.20 Å². The zero-order chi connectivity index (χ0) is 18.1. The number of aromatic nitrogens is 5. The Morgan fingerprint density at radius 2 is 2.27 bits per heavy atom. The van der Waals surface area contributed by atoms with Crippen molar-refractivity contribution in [2.75, 3.05) is 35.7 Å². The van der Waals surface area contributed by atoms with Gasteiger partial charge in [0, 0.05) is 39.2 Å². The molecule has 1 fully saturated rings. The number of rotatable bonds is 4. The molecule has 0 aliphatic carbocycles. The molecule has 4 heterocycles. The Labute approximate surface area is 150 Å². The third-order valence-corrected chi connectivity index (χ3v) is 4.72. The molecule has 1 saturated heterocycles. The number of fused-ring (bicyclic) bond motifs is 1. The summed E-state index contributed by atoms with van der Waals surface area (Å²) >= 11 is 0. The maximum absolute atomic E-state index is 11.4. The molecule has 0 bridgehead atoms. The molecule has 9 heteroatoms. The fourth-order valence-corrected chi connectivity index (χ4v) is 3.55. The molecule has 0 spiro atoms. The predicted octanol–water partition coefficient (Wildman–Crippen LogP) is 2.07. The van der Waals surface area contributed by atoms with Crippen molar-refractivity contribution in [1.82, 2.24) is 25.1 Å². The van der Waals surface area contributed by atoms with Crippen molar-refractivity contribution in [2.24, 2.45) is 0 Å². The van der Waals surface area contributed by atoms with Gasteiger partial charge in [-0.05, 0) is 18.9 Å². The van der Waals surface area contributed by atoms with E-state index in [4.69, 9.17) is 4.98 Å². The Balaban J connectivity index is 1.61. The molecule has 1 aliphatic rings. The van der Waals surface area contributed by atoms with Crippen molar-refractivity contribution >= 4 is 34.4 Å². The monoisotopic (exact) mass is 354 g/mol. The molecule has 3 aromatic heterocycles. The lowest BCUT2D eigenvalue weighted by atomic mass is 9.94. The third kappa shape index (κ3) is 2.96. The third-order valence-electron chi connectivity index (χ3n) is 4.72. The van der Waals surface area contributed by atoms with E-state index in [2.05, 4.69) is 35.7 Å². The lowest BCUT2D eigenvalue weighted by Crippen LogP contribution is -2.36. The van der Waals surface area contributed by atoms with E-state index in [1.807, 2.05) is 19.3 Å². The summed E-state index contributed by atoms with van der Waals surface area (Å²) in [5.74, 6) is 1.64. The number of piperidine rings is 1. The molecule has 1 aliphatic heterocycles. The minimum atomic E-state index is -0.0970. The second kappa shape index (κ2) is 6.66. The molecule has 9 nitrogen and oxygen atoms in total. The van der Waals surface area contributed by atoms with Crippen LogP contribution in [0.5, 0.6) is 0 Å². The lowest BCUT2D eigenvalue weighted by Gasteiger charge is -2.32. The maximum Gasteiger partial charge on any atom is 0.228 e. The summed E-state index contributed by atoms with van der Waals surface area (Å²) in [7, 11) is 1.86. The Hall–Kier alpha value is -3.10. The van der Waals surface area contributed by atoms with Crippen molar-refractivity contribution in [3.8, 4) is 0 Å². The van der Waals surface area contributed by atoms with Crippen LogP contribution >= 0.6 is 0 Å². The number of carbonyl (C=O) groups excluding carboxylic acids is 1. The molecule has 0 saturated carbocycles. The highest BCUT2D eigenvalue weighted by Crippen LogP contribution is 2.32. The van der Waals surface area contributed by atoms with Crippen LogP contribution in [-0.4, -0.2) is 51.2 Å². The van der Waals surface area contributed by atoms with Crippen LogP contribution in [0.1, 0.15) is 31.4 Å². The first kappa shape index (κ1) is 16.4. The number of nitrogens with zero attached hydrogens (tertiary/aromatic N) is 4. The first-order valence-corrected chi connectivity index (χ1v) is 8.74. The van der Waals surface area contributed by atoms with Gasteiger partial charge in [-0.15, -0.1) is 0 Å². The zero-order valence-corrected chi connectivity index (χ0v) is 14.8. The fourth-order valence-electron chi connectivity index (χ4n) is 3.55. The highest BCUT2D eigenvalue weighted by atomic mass is 16.1. The Kier molecular flexibility index (Phi) is 4.19. The number of hydrogen-bond acceptors (Lipinski definition) is 6. The molecule has 136 valence electrons. The minimum absolute atomic E-state index is 0.0970. The summed E-state index contributed by atoms with van der Waals surface area (Å²) in [6.07, 6.45) is 5.58. The molecule has 26 heavy (non-hydrogen) atoms. The first-order valence-electron chi connectivity index (χ1n) is 8.74. The van der Waals surface area contributed by atoms with E-state index >= 15 is 0 Å². The number of aromatic amines is 2. The number of hydrogen-bond donors (Lipinski definition) is 4. The van der Waals surface area contributed by atoms with Crippen LogP contribution in [0, 0.1) is 0 Å². The van der Waals surface area contributed by atoms with E-state index < -0.39 is 0 Å². The maximum atomic E-state index is 11.4. The van der Waals surface area contributed by atoms with Gasteiger partial charge >= 0.3 is 0 Å². The van der Waals surface area contributed by atoms with Crippen molar-refractivity contribution in [2.45, 2.75) is 25.7 Å². The standard InChI is InChI=1S/C17H22N8O/c1-10(26)21-13-8-20-24-14(13)11-4-3-7-25(9-11)17-22-12-5-6-19-15(12)16(18-2)23-17/h5-6,8,11,19H,3-4,7,9H2,1-2H3,(H,20,24)(H,21,26)(H,18,22,23). The van der Waals surface area contributed by atoms with Gasteiger partial charge in [0.1, 0.15) is 5.52 Å². The smallest absolute Gasteiger partial charge is 0.228 e. The predicted molar refractivity (Wildman–Crippen MR) is 101 cm³/mol. The van der Waals surface area contributed by atoms with E-state index in [0.717, 1.165) is 54.2 Å². The van der Waals surface area contributed by atoms with Gasteiger partial charge in [0.25, 0.3) is 0 Å². The van der Waals surface area contributed by atoms with Crippen LogP contribution in [0.15, 0.2) is 18.5 Å².